The summed E-state index contributed by atoms with van der Waals surface area (Å²) in [5.74, 6) is -0.672. The van der Waals surface area contributed by atoms with E-state index in [1.54, 1.807) is 54.6 Å². The number of benzene rings is 3. The number of amides is 1. The summed E-state index contributed by atoms with van der Waals surface area (Å²) >= 11 is 0. The van der Waals surface area contributed by atoms with Gasteiger partial charge in [0.15, 0.2) is 0 Å². The molecule has 168 valence electrons. The van der Waals surface area contributed by atoms with Crippen molar-refractivity contribution in [2.75, 3.05) is 17.4 Å². The standard InChI is InChI=1S/C25H27FN2O3S/c1-19-8-14-24(15-9-19)32(30,31)28(23-7-3-5-20(2)17-23)18-25(29)27-16-4-6-21-10-12-22(26)13-11-21/h3,5,7-15,17H,4,6,16,18H2,1-2H3,(H,27,29). The number of nitrogens with one attached hydrogen (secondary N) is 1. The van der Waals surface area contributed by atoms with Crippen molar-refractivity contribution in [3.05, 3.63) is 95.3 Å². The molecule has 0 heterocycles. The van der Waals surface area contributed by atoms with Gasteiger partial charge in [-0.3, -0.25) is 9.10 Å². The topological polar surface area (TPSA) is 66.5 Å². The fourth-order valence-corrected chi connectivity index (χ4v) is 4.71. The third kappa shape index (κ3) is 6.17. The number of carbonyl (C=O) groups excluding carboxylic acids is 1. The van der Waals surface area contributed by atoms with E-state index in [2.05, 4.69) is 5.32 Å². The van der Waals surface area contributed by atoms with E-state index in [-0.39, 0.29) is 23.2 Å². The Labute approximate surface area is 188 Å². The lowest BCUT2D eigenvalue weighted by Gasteiger charge is -2.24. The molecule has 3 aromatic carbocycles. The zero-order chi connectivity index (χ0) is 23.1. The van der Waals surface area contributed by atoms with Crippen LogP contribution in [-0.2, 0) is 21.2 Å². The van der Waals surface area contributed by atoms with E-state index in [4.69, 9.17) is 0 Å². The molecule has 0 atom stereocenters. The van der Waals surface area contributed by atoms with Crippen LogP contribution < -0.4 is 9.62 Å². The molecule has 0 aliphatic heterocycles. The van der Waals surface area contributed by atoms with E-state index in [1.807, 2.05) is 19.9 Å². The zero-order valence-electron chi connectivity index (χ0n) is 18.2. The highest BCUT2D eigenvalue weighted by Crippen LogP contribution is 2.24. The fraction of sp³-hybridized carbons (Fsp3) is 0.240. The van der Waals surface area contributed by atoms with Gasteiger partial charge in [-0.25, -0.2) is 12.8 Å². The third-order valence-corrected chi connectivity index (χ3v) is 6.85. The second-order valence-electron chi connectivity index (χ2n) is 7.74. The number of nitrogens with zero attached hydrogens (tertiary/aromatic N) is 1. The Morgan fingerprint density at radius 3 is 2.28 bits per heavy atom. The van der Waals surface area contributed by atoms with E-state index in [1.165, 1.54) is 12.1 Å². The maximum Gasteiger partial charge on any atom is 0.264 e. The van der Waals surface area contributed by atoms with Crippen LogP contribution >= 0.6 is 0 Å². The van der Waals surface area contributed by atoms with Crippen molar-refractivity contribution in [3.8, 4) is 0 Å². The zero-order valence-corrected chi connectivity index (χ0v) is 19.0. The van der Waals surface area contributed by atoms with Crippen molar-refractivity contribution >= 4 is 21.6 Å². The molecule has 3 aromatic rings. The lowest BCUT2D eigenvalue weighted by molar-refractivity contribution is -0.119. The van der Waals surface area contributed by atoms with E-state index in [9.17, 15) is 17.6 Å². The van der Waals surface area contributed by atoms with Crippen LogP contribution in [0.15, 0.2) is 77.7 Å². The summed E-state index contributed by atoms with van der Waals surface area (Å²) < 4.78 is 40.8. The average Bonchev–Trinajstić information content (AvgIpc) is 2.76. The first-order chi connectivity index (χ1) is 15.3. The molecule has 0 bridgehead atoms. The predicted octanol–water partition coefficient (Wildman–Crippen LogP) is 4.39. The number of aryl methyl sites for hydroxylation is 3. The van der Waals surface area contributed by atoms with Gasteiger partial charge in [-0.15, -0.1) is 0 Å². The van der Waals surface area contributed by atoms with Crippen LogP contribution in [0.25, 0.3) is 0 Å². The van der Waals surface area contributed by atoms with Crippen molar-refractivity contribution in [3.63, 3.8) is 0 Å². The monoisotopic (exact) mass is 454 g/mol. The molecule has 32 heavy (non-hydrogen) atoms. The molecule has 1 N–H and O–H groups in total. The molecule has 0 aliphatic rings. The number of hydrogen-bond donors (Lipinski definition) is 1. The molecule has 7 heteroatoms. The van der Waals surface area contributed by atoms with E-state index < -0.39 is 10.0 Å². The van der Waals surface area contributed by atoms with Gasteiger partial charge >= 0.3 is 0 Å². The largest absolute Gasteiger partial charge is 0.355 e. The Morgan fingerprint density at radius 1 is 0.938 bits per heavy atom. The minimum Gasteiger partial charge on any atom is -0.355 e. The summed E-state index contributed by atoms with van der Waals surface area (Å²) in [5.41, 5.74) is 3.26. The second-order valence-corrected chi connectivity index (χ2v) is 9.61. The summed E-state index contributed by atoms with van der Waals surface area (Å²) in [5, 5.41) is 2.79. The maximum atomic E-state index is 13.3. The van der Waals surface area contributed by atoms with Gasteiger partial charge < -0.3 is 5.32 Å². The van der Waals surface area contributed by atoms with Crippen molar-refractivity contribution in [1.82, 2.24) is 5.32 Å². The van der Waals surface area contributed by atoms with Crippen LogP contribution in [0.2, 0.25) is 0 Å². The summed E-state index contributed by atoms with van der Waals surface area (Å²) in [4.78, 5) is 12.8. The minimum absolute atomic E-state index is 0.133. The first-order valence-electron chi connectivity index (χ1n) is 10.4. The van der Waals surface area contributed by atoms with Gasteiger partial charge in [0.1, 0.15) is 12.4 Å². The van der Waals surface area contributed by atoms with Crippen molar-refractivity contribution in [2.24, 2.45) is 0 Å². The van der Waals surface area contributed by atoms with Crippen molar-refractivity contribution < 1.29 is 17.6 Å². The number of sulfonamides is 1. The quantitative estimate of drug-likeness (QED) is 0.488. The van der Waals surface area contributed by atoms with E-state index in [0.717, 1.165) is 21.0 Å². The van der Waals surface area contributed by atoms with Crippen molar-refractivity contribution in [2.45, 2.75) is 31.6 Å². The molecule has 1 amide bonds. The summed E-state index contributed by atoms with van der Waals surface area (Å²) in [6.45, 7) is 3.82. The lowest BCUT2D eigenvalue weighted by Crippen LogP contribution is -2.41. The summed E-state index contributed by atoms with van der Waals surface area (Å²) in [6, 6.07) is 19.9. The van der Waals surface area contributed by atoms with E-state index in [0.29, 0.717) is 25.1 Å². The highest BCUT2D eigenvalue weighted by Gasteiger charge is 2.27. The molecule has 3 rings (SSSR count). The number of carbonyl (C=O) groups is 1. The van der Waals surface area contributed by atoms with Gasteiger partial charge in [-0.05, 0) is 74.2 Å². The first kappa shape index (κ1) is 23.5. The Kier molecular flexibility index (Phi) is 7.64. The number of anilines is 1. The van der Waals surface area contributed by atoms with Gasteiger partial charge in [0.2, 0.25) is 5.91 Å². The van der Waals surface area contributed by atoms with Crippen LogP contribution in [0.3, 0.4) is 0 Å². The van der Waals surface area contributed by atoms with Gasteiger partial charge in [0, 0.05) is 6.54 Å². The summed E-state index contributed by atoms with van der Waals surface area (Å²) in [7, 11) is -3.92. The molecule has 5 nitrogen and oxygen atoms in total. The Balaban J connectivity index is 1.70. The predicted molar refractivity (Wildman–Crippen MR) is 125 cm³/mol. The highest BCUT2D eigenvalue weighted by molar-refractivity contribution is 7.92. The molecule has 0 unspecified atom stereocenters. The Hall–Kier alpha value is -3.19. The molecule has 0 saturated heterocycles. The number of halogens is 1. The van der Waals surface area contributed by atoms with Gasteiger partial charge in [-0.2, -0.15) is 0 Å². The SMILES string of the molecule is Cc1ccc(S(=O)(=O)N(CC(=O)NCCCc2ccc(F)cc2)c2cccc(C)c2)cc1. The number of rotatable bonds is 9. The lowest BCUT2D eigenvalue weighted by atomic mass is 10.1. The van der Waals surface area contributed by atoms with Crippen LogP contribution in [0, 0.1) is 19.7 Å². The molecule has 0 aliphatic carbocycles. The van der Waals surface area contributed by atoms with E-state index >= 15 is 0 Å². The highest BCUT2D eigenvalue weighted by atomic mass is 32.2. The number of hydrogen-bond acceptors (Lipinski definition) is 3. The molecule has 0 fully saturated rings. The van der Waals surface area contributed by atoms with Crippen molar-refractivity contribution in [1.29, 1.82) is 0 Å². The first-order valence-corrected chi connectivity index (χ1v) is 11.9. The normalized spacial score (nSPS) is 11.2. The maximum absolute atomic E-state index is 13.3. The molecule has 0 saturated carbocycles. The molecule has 0 radical (unpaired) electrons. The molecule has 0 spiro atoms. The van der Waals surface area contributed by atoms with Crippen LogP contribution in [-0.4, -0.2) is 27.4 Å². The Bertz CT molecular complexity index is 1160. The summed E-state index contributed by atoms with van der Waals surface area (Å²) in [6.07, 6.45) is 1.34. The molecule has 0 aromatic heterocycles. The van der Waals surface area contributed by atoms with Crippen LogP contribution in [0.1, 0.15) is 23.1 Å². The third-order valence-electron chi connectivity index (χ3n) is 5.06. The van der Waals surface area contributed by atoms with Gasteiger partial charge in [0.05, 0.1) is 10.6 Å². The van der Waals surface area contributed by atoms with Gasteiger partial charge in [0.25, 0.3) is 10.0 Å². The molecular weight excluding hydrogens is 427 g/mol. The molecular formula is C25H27FN2O3S. The smallest absolute Gasteiger partial charge is 0.264 e. The Morgan fingerprint density at radius 2 is 1.62 bits per heavy atom. The second kappa shape index (κ2) is 10.4. The van der Waals surface area contributed by atoms with Crippen LogP contribution in [0.5, 0.6) is 0 Å². The van der Waals surface area contributed by atoms with Gasteiger partial charge in [-0.1, -0.05) is 42.0 Å². The average molecular weight is 455 g/mol. The minimum atomic E-state index is -3.92. The van der Waals surface area contributed by atoms with Crippen LogP contribution in [0.4, 0.5) is 10.1 Å². The fourth-order valence-electron chi connectivity index (χ4n) is 3.29.